The number of rotatable bonds is 5. The molecule has 1 heterocycles. The molecular weight excluding hydrogens is 238 g/mol. The normalized spacial score (nSPS) is 12.7. The van der Waals surface area contributed by atoms with Crippen molar-refractivity contribution in [3.63, 3.8) is 0 Å². The van der Waals surface area contributed by atoms with Gasteiger partial charge in [-0.1, -0.05) is 18.2 Å². The molecule has 0 fully saturated rings. The Balaban J connectivity index is 2.26. The zero-order valence-electron chi connectivity index (χ0n) is 11.7. The molecule has 0 aliphatic rings. The molecule has 0 radical (unpaired) electrons. The second-order valence-electron chi connectivity index (χ2n) is 5.01. The Morgan fingerprint density at radius 2 is 2.05 bits per heavy atom. The van der Waals surface area contributed by atoms with E-state index >= 15 is 0 Å². The first-order chi connectivity index (χ1) is 9.13. The van der Waals surface area contributed by atoms with Gasteiger partial charge in [-0.2, -0.15) is 0 Å². The van der Waals surface area contributed by atoms with Crippen molar-refractivity contribution in [1.82, 2.24) is 9.55 Å². The van der Waals surface area contributed by atoms with Gasteiger partial charge in [-0.05, 0) is 32.4 Å². The summed E-state index contributed by atoms with van der Waals surface area (Å²) in [6.45, 7) is 6.30. The van der Waals surface area contributed by atoms with Gasteiger partial charge in [0, 0.05) is 11.7 Å². The molecule has 0 aliphatic carbocycles. The first kappa shape index (κ1) is 13.6. The highest BCUT2D eigenvalue weighted by atomic mass is 16.3. The lowest BCUT2D eigenvalue weighted by Crippen LogP contribution is -2.20. The lowest BCUT2D eigenvalue weighted by atomic mass is 10.1. The fourth-order valence-corrected chi connectivity index (χ4v) is 2.15. The van der Waals surface area contributed by atoms with Crippen LogP contribution in [0.25, 0.3) is 0 Å². The van der Waals surface area contributed by atoms with Crippen molar-refractivity contribution in [1.29, 1.82) is 0 Å². The Hall–Kier alpha value is -1.81. The molecule has 2 rings (SSSR count). The van der Waals surface area contributed by atoms with E-state index in [2.05, 4.69) is 41.7 Å². The van der Waals surface area contributed by atoms with Crippen LogP contribution < -0.4 is 5.32 Å². The van der Waals surface area contributed by atoms with Gasteiger partial charge in [0.1, 0.15) is 0 Å². The molecule has 0 amide bonds. The van der Waals surface area contributed by atoms with Crippen LogP contribution in [0.15, 0.2) is 36.8 Å². The van der Waals surface area contributed by atoms with Crippen molar-refractivity contribution >= 4 is 5.69 Å². The smallest absolute Gasteiger partial charge is 0.0951 e. The topological polar surface area (TPSA) is 50.1 Å². The molecule has 2 aromatic rings. The minimum atomic E-state index is -0.147. The average molecular weight is 259 g/mol. The first-order valence-electron chi connectivity index (χ1n) is 6.58. The third-order valence-electron chi connectivity index (χ3n) is 3.27. The molecule has 0 aliphatic heterocycles. The number of imidazole rings is 1. The van der Waals surface area contributed by atoms with Gasteiger partial charge in [-0.3, -0.25) is 0 Å². The minimum Gasteiger partial charge on any atom is -0.394 e. The van der Waals surface area contributed by atoms with Crippen LogP contribution >= 0.6 is 0 Å². The number of anilines is 1. The van der Waals surface area contributed by atoms with Crippen molar-refractivity contribution < 1.29 is 5.11 Å². The lowest BCUT2D eigenvalue weighted by Gasteiger charge is -2.22. The van der Waals surface area contributed by atoms with Crippen molar-refractivity contribution in [2.24, 2.45) is 0 Å². The number of hydrogen-bond donors (Lipinski definition) is 2. The fourth-order valence-electron chi connectivity index (χ4n) is 2.15. The van der Waals surface area contributed by atoms with Crippen LogP contribution in [0, 0.1) is 6.92 Å². The monoisotopic (exact) mass is 259 g/mol. The van der Waals surface area contributed by atoms with Crippen LogP contribution in [-0.4, -0.2) is 21.3 Å². The average Bonchev–Trinajstić information content (AvgIpc) is 2.87. The minimum absolute atomic E-state index is 0.0345. The summed E-state index contributed by atoms with van der Waals surface area (Å²) in [5, 5.41) is 13.0. The van der Waals surface area contributed by atoms with Crippen molar-refractivity contribution in [2.75, 3.05) is 11.9 Å². The van der Waals surface area contributed by atoms with E-state index in [0.29, 0.717) is 6.04 Å². The molecular formula is C15H21N3O. The predicted molar refractivity (Wildman–Crippen MR) is 77.2 cm³/mol. The van der Waals surface area contributed by atoms with Crippen molar-refractivity contribution in [2.45, 2.75) is 32.9 Å². The largest absolute Gasteiger partial charge is 0.394 e. The van der Waals surface area contributed by atoms with Crippen LogP contribution in [0.2, 0.25) is 0 Å². The predicted octanol–water partition coefficient (Wildman–Crippen LogP) is 2.92. The van der Waals surface area contributed by atoms with Gasteiger partial charge in [0.2, 0.25) is 0 Å². The highest BCUT2D eigenvalue weighted by Crippen LogP contribution is 2.23. The number of para-hydroxylation sites is 1. The van der Waals surface area contributed by atoms with Gasteiger partial charge in [-0.25, -0.2) is 4.98 Å². The van der Waals surface area contributed by atoms with Crippen LogP contribution in [0.1, 0.15) is 37.2 Å². The van der Waals surface area contributed by atoms with E-state index in [1.807, 2.05) is 30.7 Å². The second-order valence-corrected chi connectivity index (χ2v) is 5.01. The molecule has 1 aromatic heterocycles. The second kappa shape index (κ2) is 5.89. The Morgan fingerprint density at radius 3 is 2.68 bits per heavy atom. The van der Waals surface area contributed by atoms with E-state index in [1.54, 1.807) is 0 Å². The molecule has 4 nitrogen and oxygen atoms in total. The van der Waals surface area contributed by atoms with Crippen molar-refractivity contribution in [3.05, 3.63) is 48.0 Å². The van der Waals surface area contributed by atoms with Gasteiger partial charge in [0.15, 0.2) is 0 Å². The van der Waals surface area contributed by atoms with E-state index in [1.165, 1.54) is 0 Å². The van der Waals surface area contributed by atoms with Crippen LogP contribution in [0.3, 0.4) is 0 Å². The van der Waals surface area contributed by atoms with E-state index < -0.39 is 0 Å². The van der Waals surface area contributed by atoms with E-state index in [0.717, 1.165) is 16.9 Å². The Morgan fingerprint density at radius 1 is 1.32 bits per heavy atom. The Bertz CT molecular complexity index is 534. The van der Waals surface area contributed by atoms with Gasteiger partial charge in [0.25, 0.3) is 0 Å². The zero-order valence-corrected chi connectivity index (χ0v) is 11.7. The molecule has 102 valence electrons. The van der Waals surface area contributed by atoms with Gasteiger partial charge >= 0.3 is 0 Å². The summed E-state index contributed by atoms with van der Waals surface area (Å²) >= 11 is 0. The van der Waals surface area contributed by atoms with Gasteiger partial charge in [0.05, 0.1) is 30.9 Å². The number of benzene rings is 1. The Labute approximate surface area is 114 Å². The summed E-state index contributed by atoms with van der Waals surface area (Å²) in [5.74, 6) is 0. The van der Waals surface area contributed by atoms with Crippen molar-refractivity contribution in [3.8, 4) is 0 Å². The zero-order chi connectivity index (χ0) is 13.8. The molecule has 1 aromatic carbocycles. The molecule has 0 saturated carbocycles. The number of aromatic nitrogens is 2. The van der Waals surface area contributed by atoms with Crippen LogP contribution in [-0.2, 0) is 0 Å². The fraction of sp³-hybridized carbons (Fsp3) is 0.400. The van der Waals surface area contributed by atoms with E-state index in [-0.39, 0.29) is 12.6 Å². The van der Waals surface area contributed by atoms with Gasteiger partial charge in [-0.15, -0.1) is 0 Å². The summed E-state index contributed by atoms with van der Waals surface area (Å²) in [4.78, 5) is 4.19. The third kappa shape index (κ3) is 2.96. The number of aliphatic hydroxyl groups is 1. The highest BCUT2D eigenvalue weighted by Gasteiger charge is 2.17. The molecule has 0 spiro atoms. The number of nitrogens with zero attached hydrogens (tertiary/aromatic N) is 2. The maximum atomic E-state index is 9.65. The highest BCUT2D eigenvalue weighted by molar-refractivity contribution is 5.51. The number of aryl methyl sites for hydroxylation is 1. The molecule has 2 N–H and O–H groups in total. The summed E-state index contributed by atoms with van der Waals surface area (Å²) in [7, 11) is 0. The number of hydrogen-bond acceptors (Lipinski definition) is 3. The molecule has 0 bridgehead atoms. The summed E-state index contributed by atoms with van der Waals surface area (Å²) in [6, 6.07) is 8.25. The summed E-state index contributed by atoms with van der Waals surface area (Å²) < 4.78 is 2.08. The SMILES string of the molecule is Cc1ccccc1NC(CO)c1cncn1C(C)C. The first-order valence-corrected chi connectivity index (χ1v) is 6.58. The standard InChI is InChI=1S/C15H21N3O/c1-11(2)18-10-16-8-15(18)14(9-19)17-13-7-5-4-6-12(13)3/h4-8,10-11,14,17,19H,9H2,1-3H3. The quantitative estimate of drug-likeness (QED) is 0.868. The maximum Gasteiger partial charge on any atom is 0.0951 e. The molecule has 1 unspecified atom stereocenters. The Kier molecular flexibility index (Phi) is 4.22. The van der Waals surface area contributed by atoms with E-state index in [9.17, 15) is 5.11 Å². The van der Waals surface area contributed by atoms with Crippen LogP contribution in [0.5, 0.6) is 0 Å². The lowest BCUT2D eigenvalue weighted by molar-refractivity contribution is 0.271. The number of aliphatic hydroxyl groups excluding tert-OH is 1. The molecule has 4 heteroatoms. The number of nitrogens with one attached hydrogen (secondary N) is 1. The van der Waals surface area contributed by atoms with E-state index in [4.69, 9.17) is 0 Å². The maximum absolute atomic E-state index is 9.65. The third-order valence-corrected chi connectivity index (χ3v) is 3.27. The summed E-state index contributed by atoms with van der Waals surface area (Å²) in [6.07, 6.45) is 3.62. The van der Waals surface area contributed by atoms with Crippen LogP contribution in [0.4, 0.5) is 5.69 Å². The van der Waals surface area contributed by atoms with Gasteiger partial charge < -0.3 is 15.0 Å². The molecule has 1 atom stereocenters. The summed E-state index contributed by atoms with van der Waals surface area (Å²) in [5.41, 5.74) is 3.20. The molecule has 0 saturated heterocycles. The molecule has 19 heavy (non-hydrogen) atoms.